The Balaban J connectivity index is 3.32. The molecule has 0 saturated heterocycles. The number of ketones is 1. The first-order chi connectivity index (χ1) is 15.0. The number of carbonyl (C=O) groups is 2. The summed E-state index contributed by atoms with van der Waals surface area (Å²) in [5.41, 5.74) is 5.15. The van der Waals surface area contributed by atoms with E-state index in [9.17, 15) is 9.59 Å². The smallest absolute Gasteiger partial charge is 0.412 e. The fraction of sp³-hybridized carbons (Fsp3) is 0.640. The quantitative estimate of drug-likeness (QED) is 0.240. The van der Waals surface area contributed by atoms with Gasteiger partial charge in [0.1, 0.15) is 25.2 Å². The molecule has 8 heteroatoms. The maximum atomic E-state index is 12.5. The Labute approximate surface area is 209 Å². The number of pyridine rings is 1. The van der Waals surface area contributed by atoms with Crippen LogP contribution in [-0.2, 0) is 9.53 Å². The highest BCUT2D eigenvalue weighted by molar-refractivity contribution is 9.10. The Morgan fingerprint density at radius 1 is 1.09 bits per heavy atom. The largest absolute Gasteiger partial charge is 0.444 e. The number of aromatic nitrogens is 1. The highest BCUT2D eigenvalue weighted by Crippen LogP contribution is 2.40. The number of halogens is 1. The summed E-state index contributed by atoms with van der Waals surface area (Å²) in [6.07, 6.45) is -1.50. The number of carbonyl (C=O) groups excluding carboxylic acids is 2. The van der Waals surface area contributed by atoms with E-state index < -0.39 is 25.9 Å². The van der Waals surface area contributed by atoms with Gasteiger partial charge < -0.3 is 10.1 Å². The number of ether oxygens (including phenoxy) is 1. The van der Waals surface area contributed by atoms with Crippen molar-refractivity contribution >= 4 is 41.7 Å². The van der Waals surface area contributed by atoms with Gasteiger partial charge in [0, 0.05) is 7.05 Å². The topological polar surface area (TPSA) is 71.5 Å². The van der Waals surface area contributed by atoms with E-state index >= 15 is 0 Å². The monoisotopic (exact) mass is 537 g/mol. The van der Waals surface area contributed by atoms with Gasteiger partial charge in [0.05, 0.1) is 4.47 Å². The maximum absolute atomic E-state index is 12.5. The average molecular weight is 539 g/mol. The number of hydrogen-bond donors (Lipinski definition) is 1. The second-order valence-electron chi connectivity index (χ2n) is 10.4. The Hall–Kier alpha value is -1.85. The van der Waals surface area contributed by atoms with Gasteiger partial charge in [0.25, 0.3) is 0 Å². The fourth-order valence-electron chi connectivity index (χ4n) is 4.26. The molecule has 0 bridgehead atoms. The van der Waals surface area contributed by atoms with Crippen molar-refractivity contribution in [3.05, 3.63) is 22.3 Å². The number of likely N-dealkylation sites (N-methyl/N-ethyl adjacent to an activating group) is 1. The maximum Gasteiger partial charge on any atom is 0.412 e. The standard InChI is InChI=1S/C25H40BrN3O3Si/c1-16(2)33(17(3)4,18(5)6)15-14-21-20(26)12-13-22(27-21)28-23(19(7)30)29(11)24(31)32-25(8,9)10/h12-13,16-18,23H,1-11H3,(H,27,28). The number of hydrogen-bond acceptors (Lipinski definition) is 5. The molecule has 0 aliphatic heterocycles. The molecule has 1 heterocycles. The lowest BCUT2D eigenvalue weighted by Crippen LogP contribution is -2.48. The Bertz CT molecular complexity index is 892. The zero-order chi connectivity index (χ0) is 25.7. The van der Waals surface area contributed by atoms with Crippen molar-refractivity contribution in [2.24, 2.45) is 0 Å². The first-order valence-corrected chi connectivity index (χ1v) is 14.5. The van der Waals surface area contributed by atoms with Crippen LogP contribution in [0, 0.1) is 11.5 Å². The van der Waals surface area contributed by atoms with Crippen LogP contribution in [0.3, 0.4) is 0 Å². The summed E-state index contributed by atoms with van der Waals surface area (Å²) in [5, 5.41) is 3.07. The minimum atomic E-state index is -1.92. The van der Waals surface area contributed by atoms with Crippen LogP contribution >= 0.6 is 15.9 Å². The molecule has 33 heavy (non-hydrogen) atoms. The van der Waals surface area contributed by atoms with Crippen LogP contribution in [-0.4, -0.2) is 48.6 Å². The number of nitrogens with one attached hydrogen (secondary N) is 1. The molecule has 0 aromatic carbocycles. The first-order valence-electron chi connectivity index (χ1n) is 11.4. The first kappa shape index (κ1) is 29.2. The van der Waals surface area contributed by atoms with Crippen LogP contribution in [0.2, 0.25) is 16.6 Å². The van der Waals surface area contributed by atoms with Crippen molar-refractivity contribution in [2.45, 2.75) is 97.6 Å². The molecule has 1 N–H and O–H groups in total. The van der Waals surface area contributed by atoms with Gasteiger partial charge in [-0.2, -0.15) is 0 Å². The highest BCUT2D eigenvalue weighted by atomic mass is 79.9. The van der Waals surface area contributed by atoms with Crippen molar-refractivity contribution in [3.63, 3.8) is 0 Å². The molecule has 0 aliphatic rings. The minimum Gasteiger partial charge on any atom is -0.444 e. The molecule has 1 aromatic rings. The van der Waals surface area contributed by atoms with E-state index in [0.29, 0.717) is 28.1 Å². The van der Waals surface area contributed by atoms with Crippen molar-refractivity contribution in [1.29, 1.82) is 0 Å². The van der Waals surface area contributed by atoms with Crippen LogP contribution in [0.1, 0.15) is 74.9 Å². The molecule has 0 saturated carbocycles. The summed E-state index contributed by atoms with van der Waals surface area (Å²) >= 11 is 3.56. The van der Waals surface area contributed by atoms with Gasteiger partial charge in [-0.05, 0) is 72.4 Å². The molecule has 1 amide bonds. The molecular weight excluding hydrogens is 498 g/mol. The van der Waals surface area contributed by atoms with E-state index in [-0.39, 0.29) is 5.78 Å². The van der Waals surface area contributed by atoms with Crippen LogP contribution in [0.4, 0.5) is 10.6 Å². The molecule has 0 aliphatic carbocycles. The third kappa shape index (κ3) is 7.58. The molecule has 1 aromatic heterocycles. The summed E-state index contributed by atoms with van der Waals surface area (Å²) in [7, 11) is -0.394. The molecule has 1 unspecified atom stereocenters. The lowest BCUT2D eigenvalue weighted by molar-refractivity contribution is -0.120. The normalized spacial score (nSPS) is 12.9. The fourth-order valence-corrected chi connectivity index (χ4v) is 9.78. The van der Waals surface area contributed by atoms with Crippen LogP contribution < -0.4 is 5.32 Å². The van der Waals surface area contributed by atoms with Crippen LogP contribution in [0.5, 0.6) is 0 Å². The number of nitrogens with zero attached hydrogens (tertiary/aromatic N) is 2. The van der Waals surface area contributed by atoms with Crippen LogP contribution in [0.15, 0.2) is 16.6 Å². The summed E-state index contributed by atoms with van der Waals surface area (Å²) in [5.74, 6) is 3.58. The summed E-state index contributed by atoms with van der Waals surface area (Å²) in [4.78, 5) is 30.7. The predicted octanol–water partition coefficient (Wildman–Crippen LogP) is 6.61. The van der Waals surface area contributed by atoms with Crippen molar-refractivity contribution in [1.82, 2.24) is 9.88 Å². The lowest BCUT2D eigenvalue weighted by Gasteiger charge is -2.38. The van der Waals surface area contributed by atoms with Gasteiger partial charge in [0.2, 0.25) is 0 Å². The zero-order valence-corrected chi connectivity index (χ0v) is 24.5. The Kier molecular flexibility index (Phi) is 10.2. The number of rotatable bonds is 7. The third-order valence-electron chi connectivity index (χ3n) is 5.85. The van der Waals surface area contributed by atoms with E-state index in [1.54, 1.807) is 26.8 Å². The van der Waals surface area contributed by atoms with Crippen LogP contribution in [0.25, 0.3) is 0 Å². The van der Waals surface area contributed by atoms with Gasteiger partial charge in [-0.15, -0.1) is 5.54 Å². The summed E-state index contributed by atoms with van der Waals surface area (Å²) < 4.78 is 6.19. The molecule has 0 fully saturated rings. The van der Waals surface area contributed by atoms with E-state index in [1.807, 2.05) is 6.07 Å². The molecular formula is C25H40BrN3O3Si. The van der Waals surface area contributed by atoms with E-state index in [1.165, 1.54) is 18.9 Å². The van der Waals surface area contributed by atoms with Gasteiger partial charge in [0.15, 0.2) is 11.9 Å². The van der Waals surface area contributed by atoms with E-state index in [0.717, 1.165) is 4.47 Å². The zero-order valence-electron chi connectivity index (χ0n) is 22.0. The number of amides is 1. The molecule has 184 valence electrons. The average Bonchev–Trinajstić information content (AvgIpc) is 2.65. The van der Waals surface area contributed by atoms with Gasteiger partial charge in [-0.1, -0.05) is 47.5 Å². The number of anilines is 1. The van der Waals surface area contributed by atoms with E-state index in [4.69, 9.17) is 4.74 Å². The second-order valence-corrected chi connectivity index (χ2v) is 16.9. The van der Waals surface area contributed by atoms with Gasteiger partial charge >= 0.3 is 6.09 Å². The summed E-state index contributed by atoms with van der Waals surface area (Å²) in [6, 6.07) is 3.61. The van der Waals surface area contributed by atoms with Gasteiger partial charge in [-0.3, -0.25) is 9.69 Å². The van der Waals surface area contributed by atoms with Crippen molar-refractivity contribution in [2.75, 3.05) is 12.4 Å². The molecule has 6 nitrogen and oxygen atoms in total. The van der Waals surface area contributed by atoms with Crippen molar-refractivity contribution in [3.8, 4) is 11.5 Å². The molecule has 0 radical (unpaired) electrons. The highest BCUT2D eigenvalue weighted by Gasteiger charge is 2.41. The van der Waals surface area contributed by atoms with Crippen molar-refractivity contribution < 1.29 is 14.3 Å². The van der Waals surface area contributed by atoms with Gasteiger partial charge in [-0.25, -0.2) is 9.78 Å². The predicted molar refractivity (Wildman–Crippen MR) is 142 cm³/mol. The van der Waals surface area contributed by atoms with E-state index in [2.05, 4.69) is 79.2 Å². The lowest BCUT2D eigenvalue weighted by atomic mass is 10.2. The molecule has 0 spiro atoms. The Morgan fingerprint density at radius 2 is 1.61 bits per heavy atom. The SMILES string of the molecule is CC(=O)C(Nc1ccc(Br)c(C#C[Si](C(C)C)(C(C)C)C(C)C)n1)N(C)C(=O)OC(C)(C)C. The molecule has 1 rings (SSSR count). The number of Topliss-reactive ketones (excluding diaryl/α,β-unsaturated/α-hetero) is 1. The molecule has 1 atom stereocenters. The minimum absolute atomic E-state index is 0.230. The Morgan fingerprint density at radius 3 is 2.03 bits per heavy atom. The summed E-state index contributed by atoms with van der Waals surface area (Å²) in [6.45, 7) is 20.4. The second kappa shape index (κ2) is 11.5. The third-order valence-corrected chi connectivity index (χ3v) is 12.8.